The Hall–Kier alpha value is -3.14. The molecule has 0 saturated heterocycles. The number of amides is 2. The zero-order chi connectivity index (χ0) is 16.0. The first kappa shape index (κ1) is 13.5. The van der Waals surface area contributed by atoms with Crippen LogP contribution in [0.5, 0.6) is 5.75 Å². The van der Waals surface area contributed by atoms with Crippen LogP contribution in [0, 0.1) is 0 Å². The molecule has 1 aliphatic rings. The van der Waals surface area contributed by atoms with Crippen LogP contribution in [0.25, 0.3) is 10.8 Å². The molecule has 0 aliphatic carbocycles. The maximum atomic E-state index is 12.6. The van der Waals surface area contributed by atoms with Gasteiger partial charge in [0.05, 0.1) is 23.9 Å². The second-order valence-corrected chi connectivity index (χ2v) is 5.36. The lowest BCUT2D eigenvalue weighted by Crippen LogP contribution is -2.29. The molecular formula is C19H13NO3. The van der Waals surface area contributed by atoms with Gasteiger partial charge in [0.2, 0.25) is 0 Å². The quantitative estimate of drug-likeness (QED) is 0.679. The van der Waals surface area contributed by atoms with Crippen molar-refractivity contribution in [3.8, 4) is 5.75 Å². The SMILES string of the molecule is COc1cc(N2C(=O)c3ccccc3C2=O)cc2ccccc12. The van der Waals surface area contributed by atoms with E-state index in [0.717, 1.165) is 10.8 Å². The standard InChI is InChI=1S/C19H13NO3/c1-23-17-11-13(10-12-6-2-3-7-14(12)17)20-18(21)15-8-4-5-9-16(15)19(20)22/h2-11H,1H3. The van der Waals surface area contributed by atoms with E-state index in [2.05, 4.69) is 0 Å². The van der Waals surface area contributed by atoms with Crippen LogP contribution in [-0.2, 0) is 0 Å². The number of methoxy groups -OCH3 is 1. The van der Waals surface area contributed by atoms with Crippen LogP contribution in [0.2, 0.25) is 0 Å². The Morgan fingerprint density at radius 3 is 2.09 bits per heavy atom. The predicted octanol–water partition coefficient (Wildman–Crippen LogP) is 3.65. The zero-order valence-corrected chi connectivity index (χ0v) is 12.4. The Balaban J connectivity index is 1.91. The van der Waals surface area contributed by atoms with E-state index in [-0.39, 0.29) is 11.8 Å². The molecule has 2 amide bonds. The van der Waals surface area contributed by atoms with E-state index in [1.54, 1.807) is 37.4 Å². The van der Waals surface area contributed by atoms with Gasteiger partial charge in [0.1, 0.15) is 5.75 Å². The third kappa shape index (κ3) is 1.92. The Morgan fingerprint density at radius 1 is 0.826 bits per heavy atom. The highest BCUT2D eigenvalue weighted by molar-refractivity contribution is 6.34. The number of hydrogen-bond donors (Lipinski definition) is 0. The number of ether oxygens (including phenoxy) is 1. The van der Waals surface area contributed by atoms with Gasteiger partial charge in [0.25, 0.3) is 11.8 Å². The van der Waals surface area contributed by atoms with Crippen molar-refractivity contribution in [3.05, 3.63) is 71.8 Å². The van der Waals surface area contributed by atoms with Crippen molar-refractivity contribution in [1.29, 1.82) is 0 Å². The van der Waals surface area contributed by atoms with Gasteiger partial charge in [-0.3, -0.25) is 9.59 Å². The number of imide groups is 1. The lowest BCUT2D eigenvalue weighted by atomic mass is 10.1. The van der Waals surface area contributed by atoms with Crippen LogP contribution >= 0.6 is 0 Å². The molecule has 4 rings (SSSR count). The first-order valence-corrected chi connectivity index (χ1v) is 7.25. The normalized spacial score (nSPS) is 13.5. The summed E-state index contributed by atoms with van der Waals surface area (Å²) in [4.78, 5) is 26.4. The molecule has 1 aliphatic heterocycles. The van der Waals surface area contributed by atoms with Crippen LogP contribution in [0.4, 0.5) is 5.69 Å². The molecule has 4 nitrogen and oxygen atoms in total. The highest BCUT2D eigenvalue weighted by atomic mass is 16.5. The minimum atomic E-state index is -0.303. The second-order valence-electron chi connectivity index (χ2n) is 5.36. The van der Waals surface area contributed by atoms with Crippen molar-refractivity contribution in [1.82, 2.24) is 0 Å². The first-order valence-electron chi connectivity index (χ1n) is 7.25. The van der Waals surface area contributed by atoms with Crippen molar-refractivity contribution in [2.75, 3.05) is 12.0 Å². The summed E-state index contributed by atoms with van der Waals surface area (Å²) >= 11 is 0. The fourth-order valence-electron chi connectivity index (χ4n) is 2.98. The molecule has 3 aromatic carbocycles. The number of fused-ring (bicyclic) bond motifs is 2. The summed E-state index contributed by atoms with van der Waals surface area (Å²) in [5.41, 5.74) is 1.39. The summed E-state index contributed by atoms with van der Waals surface area (Å²) in [5.74, 6) is 0.0283. The number of anilines is 1. The molecule has 0 fully saturated rings. The second kappa shape index (κ2) is 4.95. The van der Waals surface area contributed by atoms with Gasteiger partial charge in [-0.1, -0.05) is 36.4 Å². The van der Waals surface area contributed by atoms with Gasteiger partial charge in [-0.25, -0.2) is 4.90 Å². The van der Waals surface area contributed by atoms with E-state index < -0.39 is 0 Å². The molecule has 0 radical (unpaired) electrons. The van der Waals surface area contributed by atoms with E-state index in [1.807, 2.05) is 30.3 Å². The molecule has 112 valence electrons. The maximum Gasteiger partial charge on any atom is 0.266 e. The summed E-state index contributed by atoms with van der Waals surface area (Å²) in [7, 11) is 1.58. The monoisotopic (exact) mass is 303 g/mol. The molecule has 0 bridgehead atoms. The summed E-state index contributed by atoms with van der Waals surface area (Å²) < 4.78 is 5.43. The fourth-order valence-corrected chi connectivity index (χ4v) is 2.98. The van der Waals surface area contributed by atoms with E-state index >= 15 is 0 Å². The van der Waals surface area contributed by atoms with Crippen molar-refractivity contribution >= 4 is 28.3 Å². The van der Waals surface area contributed by atoms with Gasteiger partial charge >= 0.3 is 0 Å². The number of carbonyl (C=O) groups is 2. The molecule has 4 heteroatoms. The van der Waals surface area contributed by atoms with Crippen LogP contribution < -0.4 is 9.64 Å². The first-order chi connectivity index (χ1) is 11.2. The molecule has 0 unspecified atom stereocenters. The smallest absolute Gasteiger partial charge is 0.266 e. The topological polar surface area (TPSA) is 46.6 Å². The highest BCUT2D eigenvalue weighted by Crippen LogP contribution is 2.35. The molecule has 0 saturated carbocycles. The van der Waals surface area contributed by atoms with Crippen LogP contribution in [0.1, 0.15) is 20.7 Å². The summed E-state index contributed by atoms with van der Waals surface area (Å²) in [5, 5.41) is 1.86. The van der Waals surface area contributed by atoms with Crippen LogP contribution in [0.15, 0.2) is 60.7 Å². The van der Waals surface area contributed by atoms with Crippen LogP contribution in [0.3, 0.4) is 0 Å². The lowest BCUT2D eigenvalue weighted by Gasteiger charge is -2.16. The third-order valence-electron chi connectivity index (χ3n) is 4.08. The van der Waals surface area contributed by atoms with E-state index in [1.165, 1.54) is 4.90 Å². The highest BCUT2D eigenvalue weighted by Gasteiger charge is 2.36. The Bertz CT molecular complexity index is 927. The number of rotatable bonds is 2. The molecule has 3 aromatic rings. The van der Waals surface area contributed by atoms with Crippen LogP contribution in [-0.4, -0.2) is 18.9 Å². The number of hydrogen-bond acceptors (Lipinski definition) is 3. The molecule has 1 heterocycles. The van der Waals surface area contributed by atoms with Gasteiger partial charge in [-0.2, -0.15) is 0 Å². The average molecular weight is 303 g/mol. The van der Waals surface area contributed by atoms with Gasteiger partial charge in [-0.05, 0) is 23.6 Å². The summed E-state index contributed by atoms with van der Waals surface area (Å²) in [6, 6.07) is 18.1. The maximum absolute atomic E-state index is 12.6. The van der Waals surface area contributed by atoms with Gasteiger partial charge < -0.3 is 4.74 Å². The van der Waals surface area contributed by atoms with Crippen molar-refractivity contribution < 1.29 is 14.3 Å². The van der Waals surface area contributed by atoms with Crippen molar-refractivity contribution in [3.63, 3.8) is 0 Å². The van der Waals surface area contributed by atoms with E-state index in [0.29, 0.717) is 22.6 Å². The minimum Gasteiger partial charge on any atom is -0.496 e. The number of carbonyl (C=O) groups excluding carboxylic acids is 2. The number of benzene rings is 3. The molecule has 0 atom stereocenters. The van der Waals surface area contributed by atoms with E-state index in [9.17, 15) is 9.59 Å². The Kier molecular flexibility index (Phi) is 2.91. The van der Waals surface area contributed by atoms with E-state index in [4.69, 9.17) is 4.74 Å². The van der Waals surface area contributed by atoms with Gasteiger partial charge in [-0.15, -0.1) is 0 Å². The third-order valence-corrected chi connectivity index (χ3v) is 4.08. The fraction of sp³-hybridized carbons (Fsp3) is 0.0526. The zero-order valence-electron chi connectivity index (χ0n) is 12.4. The lowest BCUT2D eigenvalue weighted by molar-refractivity contribution is 0.0926. The summed E-state index contributed by atoms with van der Waals surface area (Å²) in [6.07, 6.45) is 0. The number of nitrogens with zero attached hydrogens (tertiary/aromatic N) is 1. The Morgan fingerprint density at radius 2 is 1.43 bits per heavy atom. The molecule has 0 spiro atoms. The predicted molar refractivity (Wildman–Crippen MR) is 88.1 cm³/mol. The van der Waals surface area contributed by atoms with Gasteiger partial charge in [0.15, 0.2) is 0 Å². The Labute approximate surface area is 132 Å². The summed E-state index contributed by atoms with van der Waals surface area (Å²) in [6.45, 7) is 0. The van der Waals surface area contributed by atoms with Gasteiger partial charge in [0, 0.05) is 11.5 Å². The largest absolute Gasteiger partial charge is 0.496 e. The minimum absolute atomic E-state index is 0.303. The molecule has 0 aromatic heterocycles. The average Bonchev–Trinajstić information content (AvgIpc) is 2.85. The molecule has 23 heavy (non-hydrogen) atoms. The molecular weight excluding hydrogens is 290 g/mol. The molecule has 0 N–H and O–H groups in total. The van der Waals surface area contributed by atoms with Crippen molar-refractivity contribution in [2.45, 2.75) is 0 Å². The van der Waals surface area contributed by atoms with Crippen molar-refractivity contribution in [2.24, 2.45) is 0 Å².